The van der Waals surface area contributed by atoms with Gasteiger partial charge in [-0.25, -0.2) is 9.59 Å². The molecule has 5 heteroatoms. The van der Waals surface area contributed by atoms with Gasteiger partial charge in [-0.1, -0.05) is 0 Å². The summed E-state index contributed by atoms with van der Waals surface area (Å²) in [6.45, 7) is 1.48. The molecule has 0 rings (SSSR count). The first kappa shape index (κ1) is 8.74. The maximum Gasteiger partial charge on any atom is 0.328 e. The van der Waals surface area contributed by atoms with Gasteiger partial charge in [0.15, 0.2) is 0 Å². The van der Waals surface area contributed by atoms with E-state index in [1.807, 2.05) is 0 Å². The highest BCUT2D eigenvalue weighted by atomic mass is 16.5. The fourth-order valence-electron chi connectivity index (χ4n) is 0.449. The van der Waals surface area contributed by atoms with Gasteiger partial charge >= 0.3 is 12.0 Å². The molecule has 0 aliphatic rings. The van der Waals surface area contributed by atoms with E-state index in [1.165, 1.54) is 14.0 Å². The third kappa shape index (κ3) is 2.91. The summed E-state index contributed by atoms with van der Waals surface area (Å²) in [6, 6.07) is -1.42. The lowest BCUT2D eigenvalue weighted by molar-refractivity contribution is -0.142. The zero-order valence-electron chi connectivity index (χ0n) is 5.88. The van der Waals surface area contributed by atoms with Crippen molar-refractivity contribution >= 4 is 12.0 Å². The van der Waals surface area contributed by atoms with Crippen LogP contribution in [0, 0.1) is 0 Å². The van der Waals surface area contributed by atoms with Crippen LogP contribution in [0.5, 0.6) is 0 Å². The topological polar surface area (TPSA) is 81.4 Å². The smallest absolute Gasteiger partial charge is 0.328 e. The fraction of sp³-hybridized carbons (Fsp3) is 0.600. The van der Waals surface area contributed by atoms with Crippen molar-refractivity contribution in [2.24, 2.45) is 5.73 Å². The summed E-state index contributed by atoms with van der Waals surface area (Å²) in [4.78, 5) is 20.7. The van der Waals surface area contributed by atoms with Crippen molar-refractivity contribution in [3.8, 4) is 0 Å². The number of urea groups is 1. The summed E-state index contributed by atoms with van der Waals surface area (Å²) >= 11 is 0. The molecule has 10 heavy (non-hydrogen) atoms. The molecular formula is C5H10N2O3. The number of methoxy groups -OCH3 is 1. The van der Waals surface area contributed by atoms with E-state index in [1.54, 1.807) is 0 Å². The molecule has 0 unspecified atom stereocenters. The van der Waals surface area contributed by atoms with Gasteiger partial charge in [0.25, 0.3) is 0 Å². The van der Waals surface area contributed by atoms with E-state index in [2.05, 4.69) is 10.1 Å². The third-order valence-corrected chi connectivity index (χ3v) is 0.914. The molecule has 58 valence electrons. The second kappa shape index (κ2) is 3.71. The number of rotatable bonds is 2. The zero-order chi connectivity index (χ0) is 8.15. The van der Waals surface area contributed by atoms with Crippen molar-refractivity contribution in [3.05, 3.63) is 0 Å². The number of hydrogen-bond donors (Lipinski definition) is 2. The Kier molecular flexibility index (Phi) is 3.24. The van der Waals surface area contributed by atoms with Gasteiger partial charge in [-0.2, -0.15) is 0 Å². The molecule has 1 atom stereocenters. The monoisotopic (exact) mass is 146 g/mol. The minimum atomic E-state index is -0.738. The van der Waals surface area contributed by atoms with E-state index < -0.39 is 18.0 Å². The van der Waals surface area contributed by atoms with Gasteiger partial charge < -0.3 is 15.8 Å². The van der Waals surface area contributed by atoms with Crippen molar-refractivity contribution in [1.29, 1.82) is 0 Å². The normalized spacial score (nSPS) is 11.8. The van der Waals surface area contributed by atoms with Crippen LogP contribution in [-0.2, 0) is 9.53 Å². The van der Waals surface area contributed by atoms with Crippen molar-refractivity contribution in [2.75, 3.05) is 7.11 Å². The molecule has 0 radical (unpaired) electrons. The Morgan fingerprint density at radius 3 is 2.40 bits per heavy atom. The van der Waals surface area contributed by atoms with Crippen molar-refractivity contribution in [1.82, 2.24) is 5.32 Å². The van der Waals surface area contributed by atoms with Crippen LogP contribution >= 0.6 is 0 Å². The fourth-order valence-corrected chi connectivity index (χ4v) is 0.449. The number of hydrogen-bond acceptors (Lipinski definition) is 3. The Morgan fingerprint density at radius 1 is 1.60 bits per heavy atom. The number of nitrogens with one attached hydrogen (secondary N) is 1. The van der Waals surface area contributed by atoms with Gasteiger partial charge in [-0.3, -0.25) is 0 Å². The van der Waals surface area contributed by atoms with E-state index in [9.17, 15) is 9.59 Å². The highest BCUT2D eigenvalue weighted by Gasteiger charge is 2.12. The van der Waals surface area contributed by atoms with Crippen molar-refractivity contribution < 1.29 is 14.3 Å². The largest absolute Gasteiger partial charge is 0.467 e. The van der Waals surface area contributed by atoms with Gasteiger partial charge in [0.2, 0.25) is 0 Å². The average molecular weight is 146 g/mol. The molecule has 0 saturated heterocycles. The van der Waals surface area contributed by atoms with Crippen LogP contribution in [0.15, 0.2) is 0 Å². The zero-order valence-corrected chi connectivity index (χ0v) is 5.88. The Balaban J connectivity index is 3.72. The first-order valence-corrected chi connectivity index (χ1v) is 2.71. The van der Waals surface area contributed by atoms with E-state index >= 15 is 0 Å². The van der Waals surface area contributed by atoms with Gasteiger partial charge in [0, 0.05) is 0 Å². The molecule has 0 aliphatic carbocycles. The standard InChI is InChI=1S/C5H10N2O3/c1-3(4(8)10-2)7-5(6)9/h3H,1-2H3,(H3,6,7,9)/t3-/m1/s1. The first-order valence-electron chi connectivity index (χ1n) is 2.71. The molecule has 0 aliphatic heterocycles. The summed E-state index contributed by atoms with van der Waals surface area (Å²) in [5, 5.41) is 2.16. The molecular weight excluding hydrogens is 136 g/mol. The molecule has 0 fully saturated rings. The minimum absolute atomic E-state index is 0.515. The van der Waals surface area contributed by atoms with E-state index in [0.717, 1.165) is 0 Å². The van der Waals surface area contributed by atoms with Gasteiger partial charge in [-0.05, 0) is 6.92 Å². The van der Waals surface area contributed by atoms with Crippen LogP contribution in [0.25, 0.3) is 0 Å². The SMILES string of the molecule is COC(=O)[C@@H](C)NC(N)=O. The number of ether oxygens (including phenoxy) is 1. The maximum atomic E-state index is 10.6. The number of carbonyl (C=O) groups is 2. The second-order valence-electron chi connectivity index (χ2n) is 1.75. The van der Waals surface area contributed by atoms with Crippen LogP contribution in [-0.4, -0.2) is 25.2 Å². The molecule has 0 bridgehead atoms. The molecule has 0 aromatic rings. The number of primary amides is 1. The quantitative estimate of drug-likeness (QED) is 0.501. The Hall–Kier alpha value is -1.26. The van der Waals surface area contributed by atoms with Gasteiger partial charge in [0.05, 0.1) is 7.11 Å². The molecule has 3 N–H and O–H groups in total. The Morgan fingerprint density at radius 2 is 2.10 bits per heavy atom. The average Bonchev–Trinajstić information content (AvgIpc) is 1.85. The number of amides is 2. The van der Waals surface area contributed by atoms with Crippen molar-refractivity contribution in [3.63, 3.8) is 0 Å². The number of carbonyl (C=O) groups excluding carboxylic acids is 2. The molecule has 5 nitrogen and oxygen atoms in total. The van der Waals surface area contributed by atoms with E-state index in [-0.39, 0.29) is 0 Å². The van der Waals surface area contributed by atoms with Crippen LogP contribution in [0.3, 0.4) is 0 Å². The molecule has 0 saturated carbocycles. The highest BCUT2D eigenvalue weighted by Crippen LogP contribution is 1.83. The van der Waals surface area contributed by atoms with Crippen LogP contribution < -0.4 is 11.1 Å². The highest BCUT2D eigenvalue weighted by molar-refractivity contribution is 5.82. The molecule has 0 aromatic heterocycles. The van der Waals surface area contributed by atoms with E-state index in [4.69, 9.17) is 5.73 Å². The first-order chi connectivity index (χ1) is 4.57. The molecule has 0 spiro atoms. The van der Waals surface area contributed by atoms with Crippen LogP contribution in [0.4, 0.5) is 4.79 Å². The van der Waals surface area contributed by atoms with Crippen molar-refractivity contribution in [2.45, 2.75) is 13.0 Å². The number of esters is 1. The second-order valence-corrected chi connectivity index (χ2v) is 1.75. The lowest BCUT2D eigenvalue weighted by Gasteiger charge is -2.07. The molecule has 0 heterocycles. The summed E-state index contributed by atoms with van der Waals surface area (Å²) < 4.78 is 4.30. The lowest BCUT2D eigenvalue weighted by atomic mass is 10.3. The lowest BCUT2D eigenvalue weighted by Crippen LogP contribution is -2.42. The summed E-state index contributed by atoms with van der Waals surface area (Å²) in [6.07, 6.45) is 0. The third-order valence-electron chi connectivity index (χ3n) is 0.914. The molecule has 2 amide bonds. The number of nitrogens with two attached hydrogens (primary N) is 1. The van der Waals surface area contributed by atoms with Crippen LogP contribution in [0.2, 0.25) is 0 Å². The van der Waals surface area contributed by atoms with Gasteiger partial charge in [-0.15, -0.1) is 0 Å². The Bertz CT molecular complexity index is 146. The maximum absolute atomic E-state index is 10.6. The Labute approximate surface area is 58.5 Å². The summed E-state index contributed by atoms with van der Waals surface area (Å²) in [5.41, 5.74) is 4.73. The van der Waals surface area contributed by atoms with E-state index in [0.29, 0.717) is 0 Å². The predicted octanol–water partition coefficient (Wildman–Crippen LogP) is -0.784. The van der Waals surface area contributed by atoms with Crippen LogP contribution in [0.1, 0.15) is 6.92 Å². The predicted molar refractivity (Wildman–Crippen MR) is 34.2 cm³/mol. The summed E-state index contributed by atoms with van der Waals surface area (Å²) in [5.74, 6) is -0.515. The minimum Gasteiger partial charge on any atom is -0.467 e. The summed E-state index contributed by atoms with van der Waals surface area (Å²) in [7, 11) is 1.24. The molecule has 0 aromatic carbocycles. The van der Waals surface area contributed by atoms with Gasteiger partial charge in [0.1, 0.15) is 6.04 Å².